The zero-order valence-electron chi connectivity index (χ0n) is 11.7. The first kappa shape index (κ1) is 13.0. The van der Waals surface area contributed by atoms with E-state index in [1.807, 2.05) is 24.4 Å². The quantitative estimate of drug-likeness (QED) is 0.734. The molecule has 3 aromatic rings. The molecule has 1 atom stereocenters. The normalized spacial score (nSPS) is 19.3. The molecule has 0 aliphatic carbocycles. The van der Waals surface area contributed by atoms with Gasteiger partial charge in [0.25, 0.3) is 0 Å². The zero-order valence-corrected chi connectivity index (χ0v) is 12.5. The van der Waals surface area contributed by atoms with Crippen LogP contribution < -0.4 is 0 Å². The summed E-state index contributed by atoms with van der Waals surface area (Å²) in [5.41, 5.74) is 3.18. The molecule has 2 aromatic heterocycles. The molecule has 1 saturated heterocycles. The van der Waals surface area contributed by atoms with Gasteiger partial charge in [-0.05, 0) is 31.1 Å². The summed E-state index contributed by atoms with van der Waals surface area (Å²) in [6, 6.07) is 8.22. The lowest BCUT2D eigenvalue weighted by Crippen LogP contribution is -2.22. The van der Waals surface area contributed by atoms with Gasteiger partial charge in [0.2, 0.25) is 0 Å². The third-order valence-corrected chi connectivity index (χ3v) is 4.52. The van der Waals surface area contributed by atoms with Crippen LogP contribution in [0.4, 0.5) is 0 Å². The molecule has 1 aromatic carbocycles. The highest BCUT2D eigenvalue weighted by molar-refractivity contribution is 7.71. The summed E-state index contributed by atoms with van der Waals surface area (Å²) in [6.45, 7) is 2.63. The Morgan fingerprint density at radius 2 is 2.29 bits per heavy atom. The highest BCUT2D eigenvalue weighted by Crippen LogP contribution is 2.25. The number of rotatable bonds is 2. The Kier molecular flexibility index (Phi) is 3.24. The first-order valence-electron chi connectivity index (χ1n) is 7.37. The predicted octanol–water partition coefficient (Wildman–Crippen LogP) is 3.67. The fraction of sp³-hybridized carbons (Fsp3) is 0.375. The summed E-state index contributed by atoms with van der Waals surface area (Å²) in [4.78, 5) is 7.78. The minimum Gasteiger partial charge on any atom is -0.381 e. The Labute approximate surface area is 127 Å². The highest BCUT2D eigenvalue weighted by Gasteiger charge is 2.17. The summed E-state index contributed by atoms with van der Waals surface area (Å²) in [5.74, 6) is 0.538. The molecule has 1 unspecified atom stereocenters. The van der Waals surface area contributed by atoms with Crippen LogP contribution in [-0.4, -0.2) is 27.7 Å². The molecule has 0 amide bonds. The molecule has 108 valence electrons. The first-order valence-corrected chi connectivity index (χ1v) is 7.78. The first-order chi connectivity index (χ1) is 10.3. The van der Waals surface area contributed by atoms with E-state index < -0.39 is 0 Å². The maximum atomic E-state index is 5.60. The fourth-order valence-corrected chi connectivity index (χ4v) is 3.45. The average molecular weight is 299 g/mol. The fourth-order valence-electron chi connectivity index (χ4n) is 3.18. The summed E-state index contributed by atoms with van der Waals surface area (Å²) >= 11 is 5.52. The molecule has 0 radical (unpaired) electrons. The van der Waals surface area contributed by atoms with Crippen molar-refractivity contribution in [1.82, 2.24) is 14.5 Å². The molecule has 0 spiro atoms. The van der Waals surface area contributed by atoms with Crippen molar-refractivity contribution in [2.24, 2.45) is 5.92 Å². The Bertz CT molecular complexity index is 845. The van der Waals surface area contributed by atoms with E-state index in [-0.39, 0.29) is 0 Å². The second-order valence-electron chi connectivity index (χ2n) is 5.66. The molecule has 1 N–H and O–H groups in total. The molecule has 1 fully saturated rings. The van der Waals surface area contributed by atoms with Gasteiger partial charge in [0.1, 0.15) is 0 Å². The van der Waals surface area contributed by atoms with Crippen molar-refractivity contribution in [1.29, 1.82) is 0 Å². The third-order valence-electron chi connectivity index (χ3n) is 4.20. The van der Waals surface area contributed by atoms with Crippen LogP contribution >= 0.6 is 12.2 Å². The van der Waals surface area contributed by atoms with Crippen molar-refractivity contribution >= 4 is 34.2 Å². The minimum atomic E-state index is 0.538. The zero-order chi connectivity index (χ0) is 14.2. The Morgan fingerprint density at radius 1 is 1.38 bits per heavy atom. The van der Waals surface area contributed by atoms with Gasteiger partial charge < -0.3 is 14.3 Å². The molecule has 0 bridgehead atoms. The van der Waals surface area contributed by atoms with E-state index in [0.29, 0.717) is 5.92 Å². The second-order valence-corrected chi connectivity index (χ2v) is 6.05. The smallest absolute Gasteiger partial charge is 0.178 e. The molecule has 5 heteroatoms. The van der Waals surface area contributed by atoms with Crippen LogP contribution in [0.1, 0.15) is 12.8 Å². The number of benzene rings is 1. The lowest BCUT2D eigenvalue weighted by molar-refractivity contribution is 0.0486. The number of nitrogens with one attached hydrogen (secondary N) is 1. The number of para-hydroxylation sites is 1. The topological polar surface area (TPSA) is 42.8 Å². The monoisotopic (exact) mass is 299 g/mol. The second kappa shape index (κ2) is 5.24. The number of hydrogen-bond donors (Lipinski definition) is 1. The van der Waals surface area contributed by atoms with Crippen LogP contribution in [0.3, 0.4) is 0 Å². The number of H-pyrrole nitrogens is 1. The Balaban J connectivity index is 1.88. The largest absolute Gasteiger partial charge is 0.381 e. The molecule has 1 aliphatic rings. The summed E-state index contributed by atoms with van der Waals surface area (Å²) in [7, 11) is 0. The van der Waals surface area contributed by atoms with E-state index >= 15 is 0 Å². The van der Waals surface area contributed by atoms with Crippen LogP contribution in [0.15, 0.2) is 30.5 Å². The number of aromatic amines is 1. The van der Waals surface area contributed by atoms with Gasteiger partial charge in [-0.15, -0.1) is 0 Å². The van der Waals surface area contributed by atoms with Crippen molar-refractivity contribution in [2.45, 2.75) is 19.4 Å². The van der Waals surface area contributed by atoms with Gasteiger partial charge in [-0.2, -0.15) is 0 Å². The van der Waals surface area contributed by atoms with Crippen molar-refractivity contribution in [2.75, 3.05) is 13.2 Å². The number of fused-ring (bicyclic) bond motifs is 3. The van der Waals surface area contributed by atoms with Gasteiger partial charge >= 0.3 is 0 Å². The van der Waals surface area contributed by atoms with Crippen LogP contribution in [0.25, 0.3) is 21.9 Å². The van der Waals surface area contributed by atoms with Crippen LogP contribution in [0.5, 0.6) is 0 Å². The van der Waals surface area contributed by atoms with E-state index in [1.165, 1.54) is 6.42 Å². The predicted molar refractivity (Wildman–Crippen MR) is 86.0 cm³/mol. The molecule has 4 rings (SSSR count). The number of hydrogen-bond acceptors (Lipinski definition) is 3. The minimum absolute atomic E-state index is 0.538. The van der Waals surface area contributed by atoms with Gasteiger partial charge in [-0.1, -0.05) is 18.2 Å². The molecule has 21 heavy (non-hydrogen) atoms. The lowest BCUT2D eigenvalue weighted by Gasteiger charge is -2.22. The van der Waals surface area contributed by atoms with E-state index in [4.69, 9.17) is 17.0 Å². The van der Waals surface area contributed by atoms with Crippen molar-refractivity contribution in [3.8, 4) is 0 Å². The lowest BCUT2D eigenvalue weighted by atomic mass is 10.0. The van der Waals surface area contributed by atoms with Crippen molar-refractivity contribution in [3.63, 3.8) is 0 Å². The number of imidazole rings is 1. The third kappa shape index (κ3) is 2.26. The van der Waals surface area contributed by atoms with Gasteiger partial charge in [0.15, 0.2) is 4.77 Å². The van der Waals surface area contributed by atoms with Gasteiger partial charge in [0, 0.05) is 24.5 Å². The average Bonchev–Trinajstić information content (AvgIpc) is 2.85. The van der Waals surface area contributed by atoms with Gasteiger partial charge in [0.05, 0.1) is 29.4 Å². The van der Waals surface area contributed by atoms with E-state index in [9.17, 15) is 0 Å². The van der Waals surface area contributed by atoms with Crippen LogP contribution in [0, 0.1) is 10.7 Å². The van der Waals surface area contributed by atoms with E-state index in [0.717, 1.165) is 52.9 Å². The standard InChI is InChI=1S/C16H17N3OS/c21-16-18-14-8-17-13-6-2-1-5-12(13)15(14)19(16)9-11-4-3-7-20-10-11/h1-2,5-6,8,11H,3-4,7,9-10H2,(H,18,21). The molecular weight excluding hydrogens is 282 g/mol. The SMILES string of the molecule is S=c1[nH]c2cnc3ccccc3c2n1CC1CCCOC1. The Hall–Kier alpha value is -1.72. The molecule has 1 aliphatic heterocycles. The number of nitrogens with zero attached hydrogens (tertiary/aromatic N) is 2. The summed E-state index contributed by atoms with van der Waals surface area (Å²) in [5, 5.41) is 1.15. The number of ether oxygens (including phenoxy) is 1. The summed E-state index contributed by atoms with van der Waals surface area (Å²) in [6.07, 6.45) is 4.22. The van der Waals surface area contributed by atoms with Gasteiger partial charge in [-0.25, -0.2) is 0 Å². The molecule has 3 heterocycles. The van der Waals surface area contributed by atoms with E-state index in [1.54, 1.807) is 0 Å². The Morgan fingerprint density at radius 3 is 3.14 bits per heavy atom. The van der Waals surface area contributed by atoms with Crippen molar-refractivity contribution in [3.05, 3.63) is 35.2 Å². The van der Waals surface area contributed by atoms with Crippen LogP contribution in [0.2, 0.25) is 0 Å². The molecular formula is C16H17N3OS. The molecule has 4 nitrogen and oxygen atoms in total. The number of aromatic nitrogens is 3. The number of pyridine rings is 1. The highest BCUT2D eigenvalue weighted by atomic mass is 32.1. The van der Waals surface area contributed by atoms with Gasteiger partial charge in [-0.3, -0.25) is 4.98 Å². The molecule has 0 saturated carbocycles. The van der Waals surface area contributed by atoms with Crippen LogP contribution in [-0.2, 0) is 11.3 Å². The maximum absolute atomic E-state index is 5.60. The maximum Gasteiger partial charge on any atom is 0.178 e. The van der Waals surface area contributed by atoms with Crippen molar-refractivity contribution < 1.29 is 4.74 Å². The summed E-state index contributed by atoms with van der Waals surface area (Å²) < 4.78 is 8.59. The van der Waals surface area contributed by atoms with E-state index in [2.05, 4.69) is 20.6 Å².